The van der Waals surface area contributed by atoms with Crippen LogP contribution in [0.5, 0.6) is 0 Å². The van der Waals surface area contributed by atoms with Crippen LogP contribution in [0.2, 0.25) is 0 Å². The van der Waals surface area contributed by atoms with Crippen LogP contribution < -0.4 is 5.73 Å². The lowest BCUT2D eigenvalue weighted by molar-refractivity contribution is 0.0697. The predicted molar refractivity (Wildman–Crippen MR) is 53.6 cm³/mol. The number of carboxylic acid groups (broad SMARTS) is 1. The van der Waals surface area contributed by atoms with Crippen LogP contribution in [0, 0.1) is 0 Å². The largest absolute Gasteiger partial charge is 0.477 e. The third kappa shape index (κ3) is 3.17. The first-order valence-electron chi connectivity index (χ1n) is 4.57. The average molecular weight is 211 g/mol. The second-order valence-electron chi connectivity index (χ2n) is 2.84. The average Bonchev–Trinajstić information content (AvgIpc) is 2.17. The van der Waals surface area contributed by atoms with Crippen LogP contribution in [0.1, 0.15) is 23.1 Å². The van der Waals surface area contributed by atoms with Crippen LogP contribution >= 0.6 is 0 Å². The first kappa shape index (κ1) is 11.4. The van der Waals surface area contributed by atoms with Crippen LogP contribution in [0.3, 0.4) is 0 Å². The SMILES string of the molecule is CCOCCc1ncc(C(=O)O)c(N)n1. The minimum atomic E-state index is -1.12. The number of aromatic carboxylic acids is 1. The highest BCUT2D eigenvalue weighted by molar-refractivity contribution is 5.92. The van der Waals surface area contributed by atoms with Gasteiger partial charge in [0.25, 0.3) is 0 Å². The number of hydrogen-bond acceptors (Lipinski definition) is 5. The van der Waals surface area contributed by atoms with E-state index in [2.05, 4.69) is 9.97 Å². The predicted octanol–water partition coefficient (Wildman–Crippen LogP) is 0.336. The quantitative estimate of drug-likeness (QED) is 0.681. The van der Waals surface area contributed by atoms with Gasteiger partial charge in [-0.15, -0.1) is 0 Å². The van der Waals surface area contributed by atoms with Crippen molar-refractivity contribution in [2.24, 2.45) is 0 Å². The molecular formula is C9H13N3O3. The summed E-state index contributed by atoms with van der Waals surface area (Å²) in [6, 6.07) is 0. The standard InChI is InChI=1S/C9H13N3O3/c1-2-15-4-3-7-11-5-6(9(13)14)8(10)12-7/h5H,2-4H2,1H3,(H,13,14)(H2,10,11,12). The van der Waals surface area contributed by atoms with Gasteiger partial charge < -0.3 is 15.6 Å². The minimum Gasteiger partial charge on any atom is -0.477 e. The van der Waals surface area contributed by atoms with Crippen molar-refractivity contribution < 1.29 is 14.6 Å². The van der Waals surface area contributed by atoms with Gasteiger partial charge in [-0.05, 0) is 6.92 Å². The highest BCUT2D eigenvalue weighted by Crippen LogP contribution is 2.07. The van der Waals surface area contributed by atoms with Crippen LogP contribution in [0.15, 0.2) is 6.20 Å². The molecule has 6 nitrogen and oxygen atoms in total. The van der Waals surface area contributed by atoms with E-state index in [1.165, 1.54) is 6.20 Å². The van der Waals surface area contributed by atoms with Crippen LogP contribution in [0.4, 0.5) is 5.82 Å². The molecule has 1 heterocycles. The van der Waals surface area contributed by atoms with Crippen molar-refractivity contribution in [3.63, 3.8) is 0 Å². The zero-order valence-electron chi connectivity index (χ0n) is 8.43. The van der Waals surface area contributed by atoms with Crippen molar-refractivity contribution in [2.45, 2.75) is 13.3 Å². The summed E-state index contributed by atoms with van der Waals surface area (Å²) >= 11 is 0. The maximum absolute atomic E-state index is 10.6. The maximum atomic E-state index is 10.6. The molecule has 0 bridgehead atoms. The molecular weight excluding hydrogens is 198 g/mol. The Morgan fingerprint density at radius 3 is 2.93 bits per heavy atom. The molecule has 82 valence electrons. The molecule has 0 aromatic carbocycles. The van der Waals surface area contributed by atoms with E-state index < -0.39 is 5.97 Å². The third-order valence-corrected chi connectivity index (χ3v) is 1.77. The van der Waals surface area contributed by atoms with Gasteiger partial charge >= 0.3 is 5.97 Å². The summed E-state index contributed by atoms with van der Waals surface area (Å²) in [6.45, 7) is 3.02. The fourth-order valence-electron chi connectivity index (χ4n) is 1.03. The van der Waals surface area contributed by atoms with Gasteiger partial charge in [0, 0.05) is 19.2 Å². The number of ether oxygens (including phenoxy) is 1. The Morgan fingerprint density at radius 2 is 2.40 bits per heavy atom. The van der Waals surface area contributed by atoms with E-state index in [4.69, 9.17) is 15.6 Å². The lowest BCUT2D eigenvalue weighted by Crippen LogP contribution is -2.10. The molecule has 0 fully saturated rings. The van der Waals surface area contributed by atoms with E-state index in [1.807, 2.05) is 6.92 Å². The van der Waals surface area contributed by atoms with Gasteiger partial charge in [0.15, 0.2) is 0 Å². The van der Waals surface area contributed by atoms with E-state index in [9.17, 15) is 4.79 Å². The Bertz CT molecular complexity index is 354. The summed E-state index contributed by atoms with van der Waals surface area (Å²) in [5.74, 6) is -0.640. The van der Waals surface area contributed by atoms with Gasteiger partial charge in [-0.1, -0.05) is 0 Å². The summed E-state index contributed by atoms with van der Waals surface area (Å²) in [4.78, 5) is 18.4. The molecule has 0 aliphatic heterocycles. The molecule has 1 rings (SSSR count). The van der Waals surface area contributed by atoms with Crippen molar-refractivity contribution in [1.82, 2.24) is 9.97 Å². The van der Waals surface area contributed by atoms with Gasteiger partial charge in [0.2, 0.25) is 0 Å². The molecule has 6 heteroatoms. The fraction of sp³-hybridized carbons (Fsp3) is 0.444. The second kappa shape index (κ2) is 5.26. The lowest BCUT2D eigenvalue weighted by atomic mass is 10.3. The first-order chi connectivity index (χ1) is 7.15. The molecule has 0 aliphatic carbocycles. The molecule has 0 unspecified atom stereocenters. The molecule has 0 atom stereocenters. The Kier molecular flexibility index (Phi) is 3.99. The number of nitrogens with two attached hydrogens (primary N) is 1. The zero-order chi connectivity index (χ0) is 11.3. The normalized spacial score (nSPS) is 10.2. The summed E-state index contributed by atoms with van der Waals surface area (Å²) in [7, 11) is 0. The van der Waals surface area contributed by atoms with Crippen molar-refractivity contribution in [3.8, 4) is 0 Å². The number of nitrogen functional groups attached to an aromatic ring is 1. The number of aromatic nitrogens is 2. The molecule has 15 heavy (non-hydrogen) atoms. The van der Waals surface area contributed by atoms with Crippen molar-refractivity contribution in [1.29, 1.82) is 0 Å². The number of hydrogen-bond donors (Lipinski definition) is 2. The summed E-state index contributed by atoms with van der Waals surface area (Å²) in [5, 5.41) is 8.69. The van der Waals surface area contributed by atoms with Crippen LogP contribution in [-0.2, 0) is 11.2 Å². The minimum absolute atomic E-state index is 0.0102. The van der Waals surface area contributed by atoms with Crippen molar-refractivity contribution in [3.05, 3.63) is 17.6 Å². The number of anilines is 1. The summed E-state index contributed by atoms with van der Waals surface area (Å²) in [5.41, 5.74) is 5.38. The lowest BCUT2D eigenvalue weighted by Gasteiger charge is -2.03. The van der Waals surface area contributed by atoms with Crippen molar-refractivity contribution in [2.75, 3.05) is 18.9 Å². The summed E-state index contributed by atoms with van der Waals surface area (Å²) < 4.78 is 5.12. The van der Waals surface area contributed by atoms with Crippen LogP contribution in [0.25, 0.3) is 0 Å². The number of carboxylic acids is 1. The molecule has 0 saturated carbocycles. The van der Waals surface area contributed by atoms with E-state index in [-0.39, 0.29) is 11.4 Å². The molecule has 0 saturated heterocycles. The van der Waals surface area contributed by atoms with E-state index in [0.717, 1.165) is 0 Å². The van der Waals surface area contributed by atoms with E-state index in [1.54, 1.807) is 0 Å². The first-order valence-corrected chi connectivity index (χ1v) is 4.57. The maximum Gasteiger partial charge on any atom is 0.341 e. The topological polar surface area (TPSA) is 98.3 Å². The Balaban J connectivity index is 2.69. The Labute approximate surface area is 87.1 Å². The highest BCUT2D eigenvalue weighted by Gasteiger charge is 2.10. The molecule has 1 aromatic heterocycles. The molecule has 3 N–H and O–H groups in total. The molecule has 1 aromatic rings. The van der Waals surface area contributed by atoms with Gasteiger partial charge in [-0.3, -0.25) is 0 Å². The van der Waals surface area contributed by atoms with Gasteiger partial charge in [-0.2, -0.15) is 0 Å². The Hall–Kier alpha value is -1.69. The number of nitrogens with zero attached hydrogens (tertiary/aromatic N) is 2. The monoisotopic (exact) mass is 211 g/mol. The molecule has 0 aliphatic rings. The zero-order valence-corrected chi connectivity index (χ0v) is 8.43. The number of carbonyl (C=O) groups is 1. The number of rotatable bonds is 5. The molecule has 0 radical (unpaired) electrons. The van der Waals surface area contributed by atoms with E-state index in [0.29, 0.717) is 25.5 Å². The summed E-state index contributed by atoms with van der Waals surface area (Å²) in [6.07, 6.45) is 1.74. The highest BCUT2D eigenvalue weighted by atomic mass is 16.5. The van der Waals surface area contributed by atoms with Gasteiger partial charge in [-0.25, -0.2) is 14.8 Å². The van der Waals surface area contributed by atoms with E-state index >= 15 is 0 Å². The molecule has 0 amide bonds. The van der Waals surface area contributed by atoms with Gasteiger partial charge in [0.05, 0.1) is 6.61 Å². The third-order valence-electron chi connectivity index (χ3n) is 1.77. The van der Waals surface area contributed by atoms with Gasteiger partial charge in [0.1, 0.15) is 17.2 Å². The van der Waals surface area contributed by atoms with Crippen LogP contribution in [-0.4, -0.2) is 34.3 Å². The fourth-order valence-corrected chi connectivity index (χ4v) is 1.03. The Morgan fingerprint density at radius 1 is 1.67 bits per heavy atom. The smallest absolute Gasteiger partial charge is 0.341 e. The van der Waals surface area contributed by atoms with Crippen molar-refractivity contribution >= 4 is 11.8 Å². The molecule has 0 spiro atoms. The second-order valence-corrected chi connectivity index (χ2v) is 2.84.